The van der Waals surface area contributed by atoms with Gasteiger partial charge in [0.15, 0.2) is 0 Å². The second-order valence-electron chi connectivity index (χ2n) is 3.36. The molecule has 0 spiro atoms. The summed E-state index contributed by atoms with van der Waals surface area (Å²) in [6.07, 6.45) is 0.722. The molecule has 1 heterocycles. The Kier molecular flexibility index (Phi) is 2.96. The van der Waals surface area contributed by atoms with Crippen LogP contribution in [0.15, 0.2) is 27.2 Å². The number of nitrogens with zero attached hydrogens (tertiary/aromatic N) is 1. The minimum Gasteiger partial charge on any atom is -0.367 e. The molecule has 0 atom stereocenters. The van der Waals surface area contributed by atoms with Gasteiger partial charge in [0.1, 0.15) is 11.5 Å². The van der Waals surface area contributed by atoms with Crippen LogP contribution in [0.1, 0.15) is 12.5 Å². The zero-order valence-corrected chi connectivity index (χ0v) is 10.2. The molecule has 0 fully saturated rings. The molecule has 2 aromatic rings. The lowest BCUT2D eigenvalue weighted by Gasteiger charge is -2.01. The predicted octanol–water partition coefficient (Wildman–Crippen LogP) is 3.39. The Morgan fingerprint density at radius 1 is 1.50 bits per heavy atom. The molecule has 1 aromatic carbocycles. The quantitative estimate of drug-likeness (QED) is 0.920. The van der Waals surface area contributed by atoms with Crippen LogP contribution in [-0.2, 0) is 6.42 Å². The van der Waals surface area contributed by atoms with Crippen LogP contribution in [0.2, 0.25) is 0 Å². The molecule has 2 N–H and O–H groups in total. The molecule has 16 heavy (non-hydrogen) atoms. The third-order valence-corrected chi connectivity index (χ3v) is 2.97. The van der Waals surface area contributed by atoms with E-state index in [1.807, 2.05) is 6.92 Å². The van der Waals surface area contributed by atoms with E-state index in [1.165, 1.54) is 6.07 Å². The highest BCUT2D eigenvalue weighted by Gasteiger charge is 2.14. The molecule has 0 saturated heterocycles. The smallest absolute Gasteiger partial charge is 0.225 e. The summed E-state index contributed by atoms with van der Waals surface area (Å²) in [4.78, 5) is 0. The van der Waals surface area contributed by atoms with Crippen molar-refractivity contribution in [1.82, 2.24) is 5.16 Å². The van der Waals surface area contributed by atoms with Crippen molar-refractivity contribution in [3.63, 3.8) is 0 Å². The van der Waals surface area contributed by atoms with Gasteiger partial charge in [0.05, 0.1) is 4.47 Å². The summed E-state index contributed by atoms with van der Waals surface area (Å²) in [5.74, 6) is 0.0104. The van der Waals surface area contributed by atoms with Crippen molar-refractivity contribution in [3.8, 4) is 11.3 Å². The number of rotatable bonds is 2. The Hall–Kier alpha value is -1.36. The van der Waals surface area contributed by atoms with E-state index in [9.17, 15) is 4.39 Å². The van der Waals surface area contributed by atoms with Crippen LogP contribution in [0.25, 0.3) is 11.3 Å². The highest BCUT2D eigenvalue weighted by Crippen LogP contribution is 2.30. The standard InChI is InChI=1S/C11H10BrFN2O/c1-2-7-10(15-16-11(7)14)6-3-4-9(13)8(12)5-6/h3-5H,2,14H2,1H3. The first-order valence-corrected chi connectivity index (χ1v) is 5.62. The first kappa shape index (κ1) is 11.1. The third-order valence-electron chi connectivity index (χ3n) is 2.37. The molecule has 1 aromatic heterocycles. The SMILES string of the molecule is CCc1c(-c2ccc(F)c(Br)c2)noc1N. The lowest BCUT2D eigenvalue weighted by atomic mass is 10.1. The summed E-state index contributed by atoms with van der Waals surface area (Å²) >= 11 is 3.13. The summed E-state index contributed by atoms with van der Waals surface area (Å²) in [5, 5.41) is 3.88. The van der Waals surface area contributed by atoms with E-state index < -0.39 is 0 Å². The fourth-order valence-electron chi connectivity index (χ4n) is 1.53. The summed E-state index contributed by atoms with van der Waals surface area (Å²) in [6, 6.07) is 4.69. The van der Waals surface area contributed by atoms with Gasteiger partial charge < -0.3 is 10.3 Å². The maximum atomic E-state index is 13.1. The molecule has 0 aliphatic rings. The normalized spacial score (nSPS) is 10.7. The van der Waals surface area contributed by atoms with Gasteiger partial charge in [-0.2, -0.15) is 0 Å². The summed E-state index contributed by atoms with van der Waals surface area (Å²) in [7, 11) is 0. The number of nitrogen functional groups attached to an aromatic ring is 1. The summed E-state index contributed by atoms with van der Waals surface area (Å²) < 4.78 is 18.4. The van der Waals surface area contributed by atoms with Gasteiger partial charge in [0, 0.05) is 11.1 Å². The molecule has 0 unspecified atom stereocenters. The Balaban J connectivity index is 2.54. The van der Waals surface area contributed by atoms with E-state index in [1.54, 1.807) is 12.1 Å². The second-order valence-corrected chi connectivity index (χ2v) is 4.21. The van der Waals surface area contributed by atoms with Crippen LogP contribution in [-0.4, -0.2) is 5.16 Å². The molecule has 0 bridgehead atoms. The van der Waals surface area contributed by atoms with E-state index in [0.717, 1.165) is 17.5 Å². The van der Waals surface area contributed by atoms with E-state index in [-0.39, 0.29) is 5.82 Å². The monoisotopic (exact) mass is 284 g/mol. The molecule has 84 valence electrons. The molecule has 5 heteroatoms. The van der Waals surface area contributed by atoms with Crippen LogP contribution in [0.4, 0.5) is 10.3 Å². The summed E-state index contributed by atoms with van der Waals surface area (Å²) in [5.41, 5.74) is 7.94. The number of aromatic nitrogens is 1. The zero-order valence-electron chi connectivity index (χ0n) is 8.63. The van der Waals surface area contributed by atoms with Crippen LogP contribution in [0, 0.1) is 5.82 Å². The number of halogens is 2. The molecule has 3 nitrogen and oxygen atoms in total. The highest BCUT2D eigenvalue weighted by molar-refractivity contribution is 9.10. The topological polar surface area (TPSA) is 52.0 Å². The van der Waals surface area contributed by atoms with Crippen molar-refractivity contribution in [2.75, 3.05) is 5.73 Å². The lowest BCUT2D eigenvalue weighted by Crippen LogP contribution is -1.90. The molecule has 0 aliphatic carbocycles. The molecular weight excluding hydrogens is 275 g/mol. The molecule has 2 rings (SSSR count). The molecule has 0 radical (unpaired) electrons. The Labute approximate surface area is 101 Å². The van der Waals surface area contributed by atoms with Gasteiger partial charge in [-0.15, -0.1) is 0 Å². The van der Waals surface area contributed by atoms with Crippen LogP contribution in [0.3, 0.4) is 0 Å². The number of benzene rings is 1. The van der Waals surface area contributed by atoms with E-state index in [2.05, 4.69) is 21.1 Å². The largest absolute Gasteiger partial charge is 0.367 e. The second kappa shape index (κ2) is 4.25. The summed E-state index contributed by atoms with van der Waals surface area (Å²) in [6.45, 7) is 1.96. The van der Waals surface area contributed by atoms with Crippen LogP contribution < -0.4 is 5.73 Å². The molecular formula is C11H10BrFN2O. The average Bonchev–Trinajstić information content (AvgIpc) is 2.63. The van der Waals surface area contributed by atoms with Gasteiger partial charge >= 0.3 is 0 Å². The lowest BCUT2D eigenvalue weighted by molar-refractivity contribution is 0.438. The van der Waals surface area contributed by atoms with Gasteiger partial charge in [-0.25, -0.2) is 4.39 Å². The van der Waals surface area contributed by atoms with Crippen molar-refractivity contribution in [2.45, 2.75) is 13.3 Å². The first-order valence-electron chi connectivity index (χ1n) is 4.83. The Morgan fingerprint density at radius 2 is 2.25 bits per heavy atom. The predicted molar refractivity (Wildman–Crippen MR) is 63.4 cm³/mol. The van der Waals surface area contributed by atoms with E-state index >= 15 is 0 Å². The minimum absolute atomic E-state index is 0.307. The van der Waals surface area contributed by atoms with E-state index in [4.69, 9.17) is 10.3 Å². The van der Waals surface area contributed by atoms with Crippen molar-refractivity contribution < 1.29 is 8.91 Å². The van der Waals surface area contributed by atoms with Crippen LogP contribution in [0.5, 0.6) is 0 Å². The van der Waals surface area contributed by atoms with Crippen molar-refractivity contribution in [2.24, 2.45) is 0 Å². The average molecular weight is 285 g/mol. The maximum Gasteiger partial charge on any atom is 0.225 e. The van der Waals surface area contributed by atoms with Gasteiger partial charge in [-0.05, 0) is 40.5 Å². The fourth-order valence-corrected chi connectivity index (χ4v) is 1.91. The minimum atomic E-state index is -0.307. The number of nitrogens with two attached hydrogens (primary N) is 1. The number of anilines is 1. The van der Waals surface area contributed by atoms with Crippen molar-refractivity contribution in [1.29, 1.82) is 0 Å². The maximum absolute atomic E-state index is 13.1. The number of hydrogen-bond donors (Lipinski definition) is 1. The molecule has 0 saturated carbocycles. The zero-order chi connectivity index (χ0) is 11.7. The third kappa shape index (κ3) is 1.82. The first-order chi connectivity index (χ1) is 7.63. The van der Waals surface area contributed by atoms with Gasteiger partial charge in [-0.3, -0.25) is 0 Å². The van der Waals surface area contributed by atoms with Crippen molar-refractivity contribution in [3.05, 3.63) is 34.1 Å². The molecule has 0 aliphatic heterocycles. The van der Waals surface area contributed by atoms with E-state index in [0.29, 0.717) is 16.1 Å². The fraction of sp³-hybridized carbons (Fsp3) is 0.182. The van der Waals surface area contributed by atoms with Gasteiger partial charge in [0.25, 0.3) is 0 Å². The van der Waals surface area contributed by atoms with Crippen molar-refractivity contribution >= 4 is 21.8 Å². The number of hydrogen-bond acceptors (Lipinski definition) is 3. The molecule has 0 amide bonds. The Bertz CT molecular complexity index is 525. The van der Waals surface area contributed by atoms with Gasteiger partial charge in [-0.1, -0.05) is 12.1 Å². The van der Waals surface area contributed by atoms with Gasteiger partial charge in [0.2, 0.25) is 5.88 Å². The Morgan fingerprint density at radius 3 is 2.88 bits per heavy atom. The van der Waals surface area contributed by atoms with Crippen LogP contribution >= 0.6 is 15.9 Å². The highest BCUT2D eigenvalue weighted by atomic mass is 79.9.